The quantitative estimate of drug-likeness (QED) is 0.707. The fourth-order valence-corrected chi connectivity index (χ4v) is 2.17. The Balaban J connectivity index is 2.53. The molecule has 2 nitrogen and oxygen atoms in total. The van der Waals surface area contributed by atoms with Crippen molar-refractivity contribution in [1.29, 1.82) is 0 Å². The van der Waals surface area contributed by atoms with Crippen molar-refractivity contribution < 1.29 is 0 Å². The SMILES string of the molecule is C=C1CC(N)Cc2cccc(NC)c21. The van der Waals surface area contributed by atoms with Crippen LogP contribution >= 0.6 is 0 Å². The van der Waals surface area contributed by atoms with Gasteiger partial charge in [0.25, 0.3) is 0 Å². The number of benzene rings is 1. The molecule has 0 fully saturated rings. The second kappa shape index (κ2) is 3.46. The van der Waals surface area contributed by atoms with Crippen LogP contribution < -0.4 is 11.1 Å². The maximum atomic E-state index is 5.95. The predicted octanol–water partition coefficient (Wildman–Crippen LogP) is 2.02. The van der Waals surface area contributed by atoms with Gasteiger partial charge in [0.1, 0.15) is 0 Å². The maximum absolute atomic E-state index is 5.95. The Bertz CT molecular complexity index is 369. The molecule has 1 aromatic carbocycles. The van der Waals surface area contributed by atoms with Crippen LogP contribution in [0.1, 0.15) is 17.5 Å². The van der Waals surface area contributed by atoms with Crippen LogP contribution in [0, 0.1) is 0 Å². The van der Waals surface area contributed by atoms with Gasteiger partial charge in [0.05, 0.1) is 0 Å². The minimum absolute atomic E-state index is 0.238. The van der Waals surface area contributed by atoms with Gasteiger partial charge in [0, 0.05) is 24.3 Å². The Labute approximate surface area is 84.8 Å². The molecule has 2 rings (SSSR count). The van der Waals surface area contributed by atoms with Gasteiger partial charge >= 0.3 is 0 Å². The number of hydrogen-bond acceptors (Lipinski definition) is 2. The molecule has 74 valence electrons. The number of rotatable bonds is 1. The second-order valence-electron chi connectivity index (χ2n) is 3.86. The van der Waals surface area contributed by atoms with Gasteiger partial charge in [-0.05, 0) is 30.0 Å². The normalized spacial score (nSPS) is 20.4. The van der Waals surface area contributed by atoms with E-state index in [-0.39, 0.29) is 6.04 Å². The van der Waals surface area contributed by atoms with Crippen molar-refractivity contribution in [3.8, 4) is 0 Å². The smallest absolute Gasteiger partial charge is 0.0416 e. The molecule has 0 radical (unpaired) electrons. The zero-order chi connectivity index (χ0) is 10.1. The Morgan fingerprint density at radius 1 is 1.43 bits per heavy atom. The third kappa shape index (κ3) is 1.42. The van der Waals surface area contributed by atoms with E-state index < -0.39 is 0 Å². The first-order chi connectivity index (χ1) is 6.72. The van der Waals surface area contributed by atoms with Gasteiger partial charge in [-0.15, -0.1) is 0 Å². The lowest BCUT2D eigenvalue weighted by Gasteiger charge is -2.25. The van der Waals surface area contributed by atoms with E-state index in [2.05, 4.69) is 30.1 Å². The molecule has 0 spiro atoms. The van der Waals surface area contributed by atoms with E-state index >= 15 is 0 Å². The topological polar surface area (TPSA) is 38.0 Å². The van der Waals surface area contributed by atoms with Crippen LogP contribution in [0.2, 0.25) is 0 Å². The van der Waals surface area contributed by atoms with Crippen molar-refractivity contribution in [3.63, 3.8) is 0 Å². The lowest BCUT2D eigenvalue weighted by atomic mass is 9.84. The lowest BCUT2D eigenvalue weighted by Crippen LogP contribution is -2.27. The summed E-state index contributed by atoms with van der Waals surface area (Å²) in [5.41, 5.74) is 10.9. The van der Waals surface area contributed by atoms with Crippen LogP contribution in [-0.2, 0) is 6.42 Å². The summed E-state index contributed by atoms with van der Waals surface area (Å²) in [6.45, 7) is 4.09. The first-order valence-corrected chi connectivity index (χ1v) is 4.95. The molecule has 1 unspecified atom stereocenters. The fourth-order valence-electron chi connectivity index (χ4n) is 2.17. The zero-order valence-corrected chi connectivity index (χ0v) is 8.51. The first kappa shape index (κ1) is 9.28. The molecule has 0 bridgehead atoms. The fraction of sp³-hybridized carbons (Fsp3) is 0.333. The molecular weight excluding hydrogens is 172 g/mol. The van der Waals surface area contributed by atoms with Crippen LogP contribution in [0.15, 0.2) is 24.8 Å². The van der Waals surface area contributed by atoms with Gasteiger partial charge < -0.3 is 11.1 Å². The van der Waals surface area contributed by atoms with E-state index in [0.717, 1.165) is 18.4 Å². The molecule has 1 atom stereocenters. The molecule has 1 aliphatic rings. The molecule has 0 aliphatic heterocycles. The second-order valence-corrected chi connectivity index (χ2v) is 3.86. The maximum Gasteiger partial charge on any atom is 0.0416 e. The van der Waals surface area contributed by atoms with Crippen molar-refractivity contribution >= 4 is 11.3 Å². The monoisotopic (exact) mass is 188 g/mol. The highest BCUT2D eigenvalue weighted by molar-refractivity contribution is 5.79. The third-order valence-corrected chi connectivity index (χ3v) is 2.76. The minimum atomic E-state index is 0.238. The Hall–Kier alpha value is -1.28. The van der Waals surface area contributed by atoms with Crippen LogP contribution in [0.4, 0.5) is 5.69 Å². The third-order valence-electron chi connectivity index (χ3n) is 2.76. The summed E-state index contributed by atoms with van der Waals surface area (Å²) in [5.74, 6) is 0. The molecule has 1 aliphatic carbocycles. The van der Waals surface area contributed by atoms with E-state index in [1.165, 1.54) is 16.8 Å². The Kier molecular flexibility index (Phi) is 2.30. The largest absolute Gasteiger partial charge is 0.388 e. The van der Waals surface area contributed by atoms with Gasteiger partial charge in [0.15, 0.2) is 0 Å². The average molecular weight is 188 g/mol. The van der Waals surface area contributed by atoms with Gasteiger partial charge in [-0.1, -0.05) is 18.7 Å². The highest BCUT2D eigenvalue weighted by Crippen LogP contribution is 2.34. The van der Waals surface area contributed by atoms with Gasteiger partial charge in [-0.25, -0.2) is 0 Å². The van der Waals surface area contributed by atoms with Gasteiger partial charge in [-0.2, -0.15) is 0 Å². The summed E-state index contributed by atoms with van der Waals surface area (Å²) in [6, 6.07) is 6.53. The van der Waals surface area contributed by atoms with Crippen molar-refractivity contribution in [1.82, 2.24) is 0 Å². The standard InChI is InChI=1S/C12H16N2/c1-8-6-10(13)7-9-4-3-5-11(14-2)12(8)9/h3-5,10,14H,1,6-7,13H2,2H3. The Morgan fingerprint density at radius 3 is 2.93 bits per heavy atom. The minimum Gasteiger partial charge on any atom is -0.388 e. The van der Waals surface area contributed by atoms with Gasteiger partial charge in [-0.3, -0.25) is 0 Å². The highest BCUT2D eigenvalue weighted by atomic mass is 14.8. The summed E-state index contributed by atoms with van der Waals surface area (Å²) in [7, 11) is 1.94. The van der Waals surface area contributed by atoms with Crippen LogP contribution in [0.3, 0.4) is 0 Å². The zero-order valence-electron chi connectivity index (χ0n) is 8.51. The molecule has 14 heavy (non-hydrogen) atoms. The van der Waals surface area contributed by atoms with Crippen molar-refractivity contribution in [3.05, 3.63) is 35.9 Å². The predicted molar refractivity (Wildman–Crippen MR) is 61.3 cm³/mol. The van der Waals surface area contributed by atoms with Crippen molar-refractivity contribution in [2.75, 3.05) is 12.4 Å². The molecule has 0 saturated carbocycles. The van der Waals surface area contributed by atoms with Crippen LogP contribution in [-0.4, -0.2) is 13.1 Å². The molecule has 1 aromatic rings. The lowest BCUT2D eigenvalue weighted by molar-refractivity contribution is 0.669. The number of nitrogens with two attached hydrogens (primary N) is 1. The molecule has 2 heteroatoms. The number of anilines is 1. The summed E-state index contributed by atoms with van der Waals surface area (Å²) >= 11 is 0. The molecule has 0 heterocycles. The van der Waals surface area contributed by atoms with E-state index in [4.69, 9.17) is 5.73 Å². The Morgan fingerprint density at radius 2 is 2.21 bits per heavy atom. The highest BCUT2D eigenvalue weighted by Gasteiger charge is 2.20. The van der Waals surface area contributed by atoms with Crippen molar-refractivity contribution in [2.45, 2.75) is 18.9 Å². The number of fused-ring (bicyclic) bond motifs is 1. The first-order valence-electron chi connectivity index (χ1n) is 4.95. The number of nitrogens with one attached hydrogen (secondary N) is 1. The summed E-state index contributed by atoms with van der Waals surface area (Å²) < 4.78 is 0. The average Bonchev–Trinajstić information content (AvgIpc) is 2.16. The van der Waals surface area contributed by atoms with E-state index in [9.17, 15) is 0 Å². The van der Waals surface area contributed by atoms with E-state index in [0.29, 0.717) is 0 Å². The van der Waals surface area contributed by atoms with Gasteiger partial charge in [0.2, 0.25) is 0 Å². The summed E-state index contributed by atoms with van der Waals surface area (Å²) in [6.07, 6.45) is 1.87. The van der Waals surface area contributed by atoms with Crippen molar-refractivity contribution in [2.24, 2.45) is 5.73 Å². The van der Waals surface area contributed by atoms with E-state index in [1.54, 1.807) is 0 Å². The molecule has 0 saturated heterocycles. The molecule has 0 amide bonds. The molecular formula is C12H16N2. The summed E-state index contributed by atoms with van der Waals surface area (Å²) in [4.78, 5) is 0. The number of hydrogen-bond donors (Lipinski definition) is 2. The summed E-state index contributed by atoms with van der Waals surface area (Å²) in [5, 5.41) is 3.20. The van der Waals surface area contributed by atoms with Crippen LogP contribution in [0.5, 0.6) is 0 Å². The molecule has 0 aromatic heterocycles. The van der Waals surface area contributed by atoms with E-state index in [1.807, 2.05) is 7.05 Å². The van der Waals surface area contributed by atoms with Crippen LogP contribution in [0.25, 0.3) is 5.57 Å². The molecule has 3 N–H and O–H groups in total.